The van der Waals surface area contributed by atoms with Crippen molar-refractivity contribution in [1.82, 2.24) is 0 Å². The van der Waals surface area contributed by atoms with Crippen LogP contribution >= 0.6 is 0 Å². The zero-order valence-electron chi connectivity index (χ0n) is 13.4. The Morgan fingerprint density at radius 3 is 2.50 bits per heavy atom. The van der Waals surface area contributed by atoms with Crippen LogP contribution in [0.1, 0.15) is 18.9 Å². The summed E-state index contributed by atoms with van der Waals surface area (Å²) in [7, 11) is 0. The first-order valence-corrected chi connectivity index (χ1v) is 7.75. The molecule has 3 rings (SSSR count). The number of carbonyl (C=O) groups is 3. The zero-order chi connectivity index (χ0) is 17.9. The van der Waals surface area contributed by atoms with Gasteiger partial charge in [-0.2, -0.15) is 0 Å². The number of fused-ring (bicyclic) bond motifs is 1. The van der Waals surface area contributed by atoms with Crippen LogP contribution in [-0.4, -0.2) is 33.6 Å². The molecule has 7 nitrogen and oxygen atoms in total. The minimum atomic E-state index is -1.71. The van der Waals surface area contributed by atoms with Crippen LogP contribution < -0.4 is 11.1 Å². The molecule has 0 spiro atoms. The van der Waals surface area contributed by atoms with E-state index in [1.807, 2.05) is 13.0 Å². The highest BCUT2D eigenvalue weighted by molar-refractivity contribution is 5.97. The lowest BCUT2D eigenvalue weighted by atomic mass is 9.80. The van der Waals surface area contributed by atoms with Crippen molar-refractivity contribution in [3.05, 3.63) is 29.8 Å². The molecule has 1 aromatic rings. The summed E-state index contributed by atoms with van der Waals surface area (Å²) in [6.07, 6.45) is -0.0646. The Labute approximate surface area is 138 Å². The molecule has 2 aliphatic rings. The lowest BCUT2D eigenvalue weighted by molar-refractivity contribution is -0.148. The smallest absolute Gasteiger partial charge is 0.324 e. The Hall–Kier alpha value is -2.41. The summed E-state index contributed by atoms with van der Waals surface area (Å²) in [5.41, 5.74) is 4.79. The molecule has 24 heavy (non-hydrogen) atoms. The van der Waals surface area contributed by atoms with E-state index in [4.69, 9.17) is 5.73 Å². The number of hydrogen-bond donors (Lipinski definition) is 4. The highest BCUT2D eigenvalue weighted by atomic mass is 16.4. The number of nitrogens with one attached hydrogen (secondary N) is 1. The summed E-state index contributed by atoms with van der Waals surface area (Å²) in [6.45, 7) is 3.45. The molecule has 2 saturated carbocycles. The molecule has 5 atom stereocenters. The van der Waals surface area contributed by atoms with Crippen LogP contribution in [0.5, 0.6) is 0 Å². The van der Waals surface area contributed by atoms with E-state index in [-0.39, 0.29) is 12.3 Å². The van der Waals surface area contributed by atoms with Crippen LogP contribution in [0.25, 0.3) is 0 Å². The third kappa shape index (κ3) is 2.04. The van der Waals surface area contributed by atoms with E-state index in [2.05, 4.69) is 5.32 Å². The number of hydrogen-bond acceptors (Lipinski definition) is 4. The third-order valence-electron chi connectivity index (χ3n) is 5.80. The van der Waals surface area contributed by atoms with Gasteiger partial charge in [-0.15, -0.1) is 0 Å². The second-order valence-corrected chi connectivity index (χ2v) is 7.07. The summed E-state index contributed by atoms with van der Waals surface area (Å²) in [6, 6.07) is 7.21. The van der Waals surface area contributed by atoms with E-state index in [1.54, 1.807) is 25.1 Å². The van der Waals surface area contributed by atoms with Gasteiger partial charge < -0.3 is 21.3 Å². The standard InChI is InChI=1S/C17H20N2O5/c1-8-4-3-5-9(6-8)19-13(20)10-7-17(18,15(23)24)16(2)11(10)12(16)14(21)22/h3-6,10-12H,7,18H2,1-2H3,(H,19,20)(H,21,22)(H,23,24)/t10-,11-,12-,16-,17-/m0/s1. The van der Waals surface area contributed by atoms with E-state index in [9.17, 15) is 24.6 Å². The summed E-state index contributed by atoms with van der Waals surface area (Å²) < 4.78 is 0. The highest BCUT2D eigenvalue weighted by Gasteiger charge is 2.83. The Kier molecular flexibility index (Phi) is 3.46. The molecule has 0 aromatic heterocycles. The maximum Gasteiger partial charge on any atom is 0.324 e. The van der Waals surface area contributed by atoms with Crippen molar-refractivity contribution in [2.45, 2.75) is 25.8 Å². The summed E-state index contributed by atoms with van der Waals surface area (Å²) in [5, 5.41) is 21.6. The number of aryl methyl sites for hydroxylation is 1. The number of amides is 1. The van der Waals surface area contributed by atoms with Crippen LogP contribution in [0, 0.1) is 30.1 Å². The van der Waals surface area contributed by atoms with E-state index in [1.165, 1.54) is 0 Å². The second-order valence-electron chi connectivity index (χ2n) is 7.07. The number of anilines is 1. The van der Waals surface area contributed by atoms with Gasteiger partial charge in [-0.3, -0.25) is 14.4 Å². The Morgan fingerprint density at radius 2 is 1.96 bits per heavy atom. The number of rotatable bonds is 4. The van der Waals surface area contributed by atoms with Crippen LogP contribution in [-0.2, 0) is 14.4 Å². The number of carboxylic acid groups (broad SMARTS) is 2. The van der Waals surface area contributed by atoms with Gasteiger partial charge in [0.1, 0.15) is 5.54 Å². The molecular weight excluding hydrogens is 312 g/mol. The number of carboxylic acids is 2. The van der Waals surface area contributed by atoms with Crippen LogP contribution in [0.4, 0.5) is 5.69 Å². The van der Waals surface area contributed by atoms with Crippen LogP contribution in [0.3, 0.4) is 0 Å². The van der Waals surface area contributed by atoms with Gasteiger partial charge in [0, 0.05) is 17.0 Å². The molecule has 0 unspecified atom stereocenters. The maximum atomic E-state index is 12.6. The van der Waals surface area contributed by atoms with Crippen molar-refractivity contribution in [3.8, 4) is 0 Å². The highest BCUT2D eigenvalue weighted by Crippen LogP contribution is 2.73. The van der Waals surface area contributed by atoms with Gasteiger partial charge >= 0.3 is 11.9 Å². The lowest BCUT2D eigenvalue weighted by Crippen LogP contribution is -2.55. The molecular formula is C17H20N2O5. The Morgan fingerprint density at radius 1 is 1.29 bits per heavy atom. The van der Waals surface area contributed by atoms with Crippen LogP contribution in [0.15, 0.2) is 24.3 Å². The minimum absolute atomic E-state index is 0.0646. The maximum absolute atomic E-state index is 12.6. The van der Waals surface area contributed by atoms with Crippen LogP contribution in [0.2, 0.25) is 0 Å². The number of nitrogens with two attached hydrogens (primary N) is 1. The van der Waals surface area contributed by atoms with Gasteiger partial charge in [-0.05, 0) is 37.0 Å². The minimum Gasteiger partial charge on any atom is -0.481 e. The Balaban J connectivity index is 1.88. The molecule has 2 aliphatic carbocycles. The first-order chi connectivity index (χ1) is 11.1. The SMILES string of the molecule is Cc1cccc(NC(=O)[C@H]2C[C@](N)(C(=O)O)[C@@]3(C)[C@@H]2[C@H]3C(=O)O)c1. The summed E-state index contributed by atoms with van der Waals surface area (Å²) >= 11 is 0. The second kappa shape index (κ2) is 5.04. The monoisotopic (exact) mass is 332 g/mol. The molecule has 0 aliphatic heterocycles. The first-order valence-electron chi connectivity index (χ1n) is 7.75. The Bertz CT molecular complexity index is 748. The molecule has 2 fully saturated rings. The lowest BCUT2D eigenvalue weighted by Gasteiger charge is -2.29. The van der Waals surface area contributed by atoms with E-state index in [0.29, 0.717) is 5.69 Å². The number of aliphatic carboxylic acids is 2. The summed E-state index contributed by atoms with van der Waals surface area (Å²) in [5.74, 6) is -4.97. The molecule has 0 bridgehead atoms. The largest absolute Gasteiger partial charge is 0.481 e. The molecule has 5 N–H and O–H groups in total. The van der Waals surface area contributed by atoms with Crippen molar-refractivity contribution in [3.63, 3.8) is 0 Å². The van der Waals surface area contributed by atoms with Gasteiger partial charge in [-0.1, -0.05) is 19.1 Å². The van der Waals surface area contributed by atoms with Gasteiger partial charge in [0.25, 0.3) is 0 Å². The molecule has 0 saturated heterocycles. The molecule has 1 amide bonds. The topological polar surface area (TPSA) is 130 Å². The van der Waals surface area contributed by atoms with E-state index < -0.39 is 40.6 Å². The van der Waals surface area contributed by atoms with Gasteiger partial charge in [0.15, 0.2) is 0 Å². The normalized spacial score (nSPS) is 36.7. The first kappa shape index (κ1) is 16.4. The average Bonchev–Trinajstić information content (AvgIpc) is 3.04. The van der Waals surface area contributed by atoms with Gasteiger partial charge in [0.05, 0.1) is 5.92 Å². The van der Waals surface area contributed by atoms with Crippen molar-refractivity contribution < 1.29 is 24.6 Å². The third-order valence-corrected chi connectivity index (χ3v) is 5.80. The number of carbonyl (C=O) groups excluding carboxylic acids is 1. The van der Waals surface area contributed by atoms with Gasteiger partial charge in [-0.25, -0.2) is 0 Å². The molecule has 7 heteroatoms. The summed E-state index contributed by atoms with van der Waals surface area (Å²) in [4.78, 5) is 35.8. The average molecular weight is 332 g/mol. The number of benzene rings is 1. The van der Waals surface area contributed by atoms with E-state index >= 15 is 0 Å². The van der Waals surface area contributed by atoms with Gasteiger partial charge in [0.2, 0.25) is 5.91 Å². The quantitative estimate of drug-likeness (QED) is 0.652. The predicted molar refractivity (Wildman–Crippen MR) is 85.2 cm³/mol. The van der Waals surface area contributed by atoms with Crippen molar-refractivity contribution >= 4 is 23.5 Å². The fraction of sp³-hybridized carbons (Fsp3) is 0.471. The predicted octanol–water partition coefficient (Wildman–Crippen LogP) is 1.07. The zero-order valence-corrected chi connectivity index (χ0v) is 13.4. The van der Waals surface area contributed by atoms with Crippen molar-refractivity contribution in [2.24, 2.45) is 28.9 Å². The fourth-order valence-electron chi connectivity index (χ4n) is 4.41. The molecule has 0 heterocycles. The van der Waals surface area contributed by atoms with E-state index in [0.717, 1.165) is 5.56 Å². The fourth-order valence-corrected chi connectivity index (χ4v) is 4.41. The molecule has 1 aromatic carbocycles. The van der Waals surface area contributed by atoms with Crippen molar-refractivity contribution in [1.29, 1.82) is 0 Å². The molecule has 128 valence electrons. The molecule has 0 radical (unpaired) electrons. The van der Waals surface area contributed by atoms with Crippen molar-refractivity contribution in [2.75, 3.05) is 5.32 Å².